The van der Waals surface area contributed by atoms with Gasteiger partial charge in [-0.3, -0.25) is 9.69 Å². The molecular formula is C21H26N2O2. The van der Waals surface area contributed by atoms with Crippen molar-refractivity contribution in [3.05, 3.63) is 64.7 Å². The van der Waals surface area contributed by atoms with Gasteiger partial charge in [-0.15, -0.1) is 0 Å². The first-order valence-electron chi connectivity index (χ1n) is 8.76. The summed E-state index contributed by atoms with van der Waals surface area (Å²) in [5.41, 5.74) is 3.91. The molecule has 0 fully saturated rings. The molecule has 0 atom stereocenters. The first kappa shape index (κ1) is 17.5. The smallest absolute Gasteiger partial charge is 0.255 e. The normalized spacial score (nSPS) is 14.8. The first-order valence-corrected chi connectivity index (χ1v) is 8.76. The highest BCUT2D eigenvalue weighted by molar-refractivity contribution is 5.97. The fourth-order valence-electron chi connectivity index (χ4n) is 3.35. The summed E-state index contributed by atoms with van der Waals surface area (Å²) in [4.78, 5) is 14.9. The molecule has 0 saturated heterocycles. The molecule has 0 aromatic heterocycles. The molecule has 3 rings (SSSR count). The molecule has 4 nitrogen and oxygen atoms in total. The zero-order valence-electron chi connectivity index (χ0n) is 15.2. The molecule has 1 amide bonds. The van der Waals surface area contributed by atoms with E-state index in [0.29, 0.717) is 12.1 Å². The van der Waals surface area contributed by atoms with Crippen LogP contribution in [0.2, 0.25) is 0 Å². The van der Waals surface area contributed by atoms with Gasteiger partial charge in [0.1, 0.15) is 5.75 Å². The largest absolute Gasteiger partial charge is 0.507 e. The van der Waals surface area contributed by atoms with Crippen LogP contribution in [0.15, 0.2) is 42.5 Å². The SMILES string of the molecule is Cc1ccc(O)c(C(=O)NCC(C)(C)N2CCc3ccccc3C2)c1. The second-order valence-electron chi connectivity index (χ2n) is 7.46. The summed E-state index contributed by atoms with van der Waals surface area (Å²) < 4.78 is 0. The number of nitrogens with zero attached hydrogens (tertiary/aromatic N) is 1. The maximum absolute atomic E-state index is 12.5. The van der Waals surface area contributed by atoms with Gasteiger partial charge in [0.2, 0.25) is 0 Å². The summed E-state index contributed by atoms with van der Waals surface area (Å²) in [6.07, 6.45) is 1.03. The van der Waals surface area contributed by atoms with Gasteiger partial charge >= 0.3 is 0 Å². The van der Waals surface area contributed by atoms with Gasteiger partial charge in [-0.05, 0) is 50.5 Å². The minimum atomic E-state index is -0.230. The van der Waals surface area contributed by atoms with Crippen molar-refractivity contribution in [3.63, 3.8) is 0 Å². The molecule has 1 heterocycles. The Hall–Kier alpha value is -2.33. The van der Waals surface area contributed by atoms with Crippen LogP contribution < -0.4 is 5.32 Å². The van der Waals surface area contributed by atoms with Gasteiger partial charge in [-0.25, -0.2) is 0 Å². The Bertz CT molecular complexity index is 783. The molecular weight excluding hydrogens is 312 g/mol. The summed E-state index contributed by atoms with van der Waals surface area (Å²) in [7, 11) is 0. The number of hydrogen-bond donors (Lipinski definition) is 2. The molecule has 132 valence electrons. The number of carbonyl (C=O) groups is 1. The van der Waals surface area contributed by atoms with Crippen LogP contribution >= 0.6 is 0 Å². The molecule has 0 bridgehead atoms. The third kappa shape index (κ3) is 3.85. The van der Waals surface area contributed by atoms with Crippen LogP contribution in [0.3, 0.4) is 0 Å². The number of benzene rings is 2. The molecule has 1 aliphatic heterocycles. The molecule has 0 radical (unpaired) electrons. The molecule has 25 heavy (non-hydrogen) atoms. The van der Waals surface area contributed by atoms with E-state index in [2.05, 4.69) is 48.3 Å². The summed E-state index contributed by atoms with van der Waals surface area (Å²) in [6.45, 7) is 8.62. The molecule has 2 N–H and O–H groups in total. The zero-order valence-corrected chi connectivity index (χ0v) is 15.2. The van der Waals surface area contributed by atoms with Gasteiger partial charge < -0.3 is 10.4 Å². The fourth-order valence-corrected chi connectivity index (χ4v) is 3.35. The Labute approximate surface area is 149 Å². The van der Waals surface area contributed by atoms with Gasteiger partial charge in [0.25, 0.3) is 5.91 Å². The first-order chi connectivity index (χ1) is 11.9. The highest BCUT2D eigenvalue weighted by atomic mass is 16.3. The Morgan fingerprint density at radius 3 is 2.68 bits per heavy atom. The predicted molar refractivity (Wildman–Crippen MR) is 99.8 cm³/mol. The van der Waals surface area contributed by atoms with Crippen molar-refractivity contribution < 1.29 is 9.90 Å². The van der Waals surface area contributed by atoms with Gasteiger partial charge in [0.15, 0.2) is 0 Å². The van der Waals surface area contributed by atoms with Crippen LogP contribution in [0.4, 0.5) is 0 Å². The van der Waals surface area contributed by atoms with Crippen molar-refractivity contribution in [3.8, 4) is 5.75 Å². The van der Waals surface area contributed by atoms with E-state index >= 15 is 0 Å². The molecule has 0 spiro atoms. The molecule has 0 aliphatic carbocycles. The van der Waals surface area contributed by atoms with E-state index in [-0.39, 0.29) is 17.2 Å². The van der Waals surface area contributed by atoms with Crippen LogP contribution in [0.5, 0.6) is 5.75 Å². The van der Waals surface area contributed by atoms with Crippen molar-refractivity contribution in [2.24, 2.45) is 0 Å². The number of phenolic OH excluding ortho intramolecular Hbond substituents is 1. The van der Waals surface area contributed by atoms with E-state index in [1.54, 1.807) is 18.2 Å². The van der Waals surface area contributed by atoms with Crippen molar-refractivity contribution in [2.75, 3.05) is 13.1 Å². The van der Waals surface area contributed by atoms with Gasteiger partial charge in [0, 0.05) is 25.2 Å². The third-order valence-electron chi connectivity index (χ3n) is 5.06. The average Bonchev–Trinajstić information content (AvgIpc) is 2.61. The number of aromatic hydroxyl groups is 1. The maximum Gasteiger partial charge on any atom is 0.255 e. The summed E-state index contributed by atoms with van der Waals surface area (Å²) in [6, 6.07) is 13.6. The van der Waals surface area contributed by atoms with E-state index in [1.807, 2.05) is 6.92 Å². The Balaban J connectivity index is 1.66. The molecule has 0 unspecified atom stereocenters. The highest BCUT2D eigenvalue weighted by Gasteiger charge is 2.30. The van der Waals surface area contributed by atoms with E-state index in [1.165, 1.54) is 11.1 Å². The molecule has 0 saturated carbocycles. The standard InChI is InChI=1S/C21H26N2O2/c1-15-8-9-19(24)18(12-15)20(25)22-14-21(2,3)23-11-10-16-6-4-5-7-17(16)13-23/h4-9,12,24H,10-11,13-14H2,1-3H3,(H,22,25). The van der Waals surface area contributed by atoms with Crippen LogP contribution in [-0.2, 0) is 13.0 Å². The van der Waals surface area contributed by atoms with Gasteiger partial charge in [-0.2, -0.15) is 0 Å². The van der Waals surface area contributed by atoms with Crippen LogP contribution in [-0.4, -0.2) is 34.5 Å². The summed E-state index contributed by atoms with van der Waals surface area (Å²) in [5.74, 6) is -0.209. The van der Waals surface area contributed by atoms with E-state index in [9.17, 15) is 9.90 Å². The van der Waals surface area contributed by atoms with E-state index in [4.69, 9.17) is 0 Å². The maximum atomic E-state index is 12.5. The Kier molecular flexibility index (Phi) is 4.82. The van der Waals surface area contributed by atoms with Crippen molar-refractivity contribution >= 4 is 5.91 Å². The van der Waals surface area contributed by atoms with Gasteiger partial charge in [0.05, 0.1) is 5.56 Å². The Morgan fingerprint density at radius 2 is 1.92 bits per heavy atom. The number of fused-ring (bicyclic) bond motifs is 1. The molecule has 4 heteroatoms. The molecule has 1 aliphatic rings. The summed E-state index contributed by atoms with van der Waals surface area (Å²) >= 11 is 0. The zero-order chi connectivity index (χ0) is 18.0. The Morgan fingerprint density at radius 1 is 1.20 bits per heavy atom. The molecule has 2 aromatic carbocycles. The minimum Gasteiger partial charge on any atom is -0.507 e. The third-order valence-corrected chi connectivity index (χ3v) is 5.06. The number of phenols is 1. The minimum absolute atomic E-state index is 0.0211. The number of amides is 1. The van der Waals surface area contributed by atoms with Crippen LogP contribution in [0.25, 0.3) is 0 Å². The fraction of sp³-hybridized carbons (Fsp3) is 0.381. The number of hydrogen-bond acceptors (Lipinski definition) is 3. The number of carbonyl (C=O) groups excluding carboxylic acids is 1. The van der Waals surface area contributed by atoms with Crippen molar-refractivity contribution in [1.29, 1.82) is 0 Å². The summed E-state index contributed by atoms with van der Waals surface area (Å²) in [5, 5.41) is 12.9. The lowest BCUT2D eigenvalue weighted by Crippen LogP contribution is -2.53. The lowest BCUT2D eigenvalue weighted by molar-refractivity contribution is 0.0824. The topological polar surface area (TPSA) is 52.6 Å². The monoisotopic (exact) mass is 338 g/mol. The van der Waals surface area contributed by atoms with Crippen molar-refractivity contribution in [1.82, 2.24) is 10.2 Å². The quantitative estimate of drug-likeness (QED) is 0.900. The number of aryl methyl sites for hydroxylation is 1. The van der Waals surface area contributed by atoms with Crippen LogP contribution in [0.1, 0.15) is 40.9 Å². The second kappa shape index (κ2) is 6.89. The highest BCUT2D eigenvalue weighted by Crippen LogP contribution is 2.25. The van der Waals surface area contributed by atoms with E-state index in [0.717, 1.165) is 25.1 Å². The van der Waals surface area contributed by atoms with Gasteiger partial charge in [-0.1, -0.05) is 35.9 Å². The predicted octanol–water partition coefficient (Wildman–Crippen LogP) is 3.27. The van der Waals surface area contributed by atoms with Crippen molar-refractivity contribution in [2.45, 2.75) is 39.3 Å². The van der Waals surface area contributed by atoms with Crippen LogP contribution in [0, 0.1) is 6.92 Å². The second-order valence-corrected chi connectivity index (χ2v) is 7.46. The average molecular weight is 338 g/mol. The molecule has 2 aromatic rings. The lowest BCUT2D eigenvalue weighted by Gasteiger charge is -2.41. The van der Waals surface area contributed by atoms with E-state index < -0.39 is 0 Å². The number of rotatable bonds is 4. The lowest BCUT2D eigenvalue weighted by atomic mass is 9.94. The number of nitrogens with one attached hydrogen (secondary N) is 1.